The van der Waals surface area contributed by atoms with E-state index < -0.39 is 0 Å². The van der Waals surface area contributed by atoms with Crippen molar-refractivity contribution in [3.05, 3.63) is 18.2 Å². The quantitative estimate of drug-likeness (QED) is 0.814. The van der Waals surface area contributed by atoms with Crippen LogP contribution in [0.15, 0.2) is 18.2 Å². The summed E-state index contributed by atoms with van der Waals surface area (Å²) in [6, 6.07) is 5.22. The molecule has 0 radical (unpaired) electrons. The molecule has 1 aromatic rings. The lowest BCUT2D eigenvalue weighted by Crippen LogP contribution is -2.16. The second-order valence-electron chi connectivity index (χ2n) is 5.21. The number of anilines is 2. The van der Waals surface area contributed by atoms with Gasteiger partial charge >= 0.3 is 0 Å². The number of ether oxygens (including phenoxy) is 1. The third kappa shape index (κ3) is 5.87. The number of nitrogens with one attached hydrogen (secondary N) is 1. The van der Waals surface area contributed by atoms with Gasteiger partial charge in [-0.3, -0.25) is 4.79 Å². The van der Waals surface area contributed by atoms with Gasteiger partial charge in [-0.05, 0) is 12.1 Å². The fraction of sp³-hybridized carbons (Fsp3) is 0.500. The zero-order chi connectivity index (χ0) is 14.5. The van der Waals surface area contributed by atoms with Gasteiger partial charge < -0.3 is 15.8 Å². The molecule has 0 aromatic heterocycles. The van der Waals surface area contributed by atoms with Crippen molar-refractivity contribution in [1.29, 1.82) is 0 Å². The summed E-state index contributed by atoms with van der Waals surface area (Å²) in [6.45, 7) is 6.41. The Morgan fingerprint density at radius 2 is 2.11 bits per heavy atom. The van der Waals surface area contributed by atoms with Crippen LogP contribution in [0.4, 0.5) is 11.4 Å². The number of hydrogen-bond acceptors (Lipinski definition) is 4. The molecule has 0 heterocycles. The second-order valence-corrected chi connectivity index (χ2v) is 7.13. The maximum atomic E-state index is 11.8. The van der Waals surface area contributed by atoms with Gasteiger partial charge in [0.05, 0.1) is 18.5 Å². The number of carbonyl (C=O) groups is 1. The molecule has 5 heteroatoms. The molecule has 0 unspecified atom stereocenters. The number of rotatable bonds is 5. The average molecular weight is 282 g/mol. The predicted octanol–water partition coefficient (Wildman–Crippen LogP) is 3.14. The molecular formula is C14H22N2O2S. The minimum absolute atomic E-state index is 0.0198. The highest BCUT2D eigenvalue weighted by molar-refractivity contribution is 8.00. The van der Waals surface area contributed by atoms with Crippen molar-refractivity contribution in [3.63, 3.8) is 0 Å². The number of hydrogen-bond donors (Lipinski definition) is 2. The minimum Gasteiger partial charge on any atom is -0.497 e. The Kier molecular flexibility index (Phi) is 5.54. The van der Waals surface area contributed by atoms with Gasteiger partial charge in [0.15, 0.2) is 0 Å². The molecule has 1 aromatic carbocycles. The number of nitrogen functional groups attached to an aromatic ring is 1. The number of amides is 1. The Balaban J connectivity index is 2.48. The number of thioether (sulfide) groups is 1. The van der Waals surface area contributed by atoms with Crippen molar-refractivity contribution >= 4 is 29.0 Å². The summed E-state index contributed by atoms with van der Waals surface area (Å²) in [4.78, 5) is 11.8. The van der Waals surface area contributed by atoms with E-state index in [-0.39, 0.29) is 10.7 Å². The summed E-state index contributed by atoms with van der Waals surface area (Å²) in [5.41, 5.74) is 6.98. The van der Waals surface area contributed by atoms with E-state index in [1.807, 2.05) is 0 Å². The molecular weight excluding hydrogens is 260 g/mol. The lowest BCUT2D eigenvalue weighted by Gasteiger charge is -2.17. The van der Waals surface area contributed by atoms with Crippen molar-refractivity contribution < 1.29 is 9.53 Å². The highest BCUT2D eigenvalue weighted by Gasteiger charge is 2.12. The van der Waals surface area contributed by atoms with Crippen molar-refractivity contribution in [2.75, 3.05) is 23.9 Å². The van der Waals surface area contributed by atoms with Crippen LogP contribution < -0.4 is 15.8 Å². The zero-order valence-corrected chi connectivity index (χ0v) is 12.8. The van der Waals surface area contributed by atoms with Gasteiger partial charge in [0.25, 0.3) is 0 Å². The van der Waals surface area contributed by atoms with Crippen LogP contribution in [0.2, 0.25) is 0 Å². The SMILES string of the molecule is COc1ccc(NC(=O)CCSC(C)(C)C)c(N)c1. The Morgan fingerprint density at radius 3 is 2.63 bits per heavy atom. The first-order valence-electron chi connectivity index (χ1n) is 6.19. The largest absolute Gasteiger partial charge is 0.497 e. The highest BCUT2D eigenvalue weighted by Crippen LogP contribution is 2.26. The predicted molar refractivity (Wildman–Crippen MR) is 82.9 cm³/mol. The Morgan fingerprint density at radius 1 is 1.42 bits per heavy atom. The first-order valence-corrected chi connectivity index (χ1v) is 7.18. The van der Waals surface area contributed by atoms with Crippen LogP contribution in [0.5, 0.6) is 5.75 Å². The van der Waals surface area contributed by atoms with E-state index in [2.05, 4.69) is 26.1 Å². The molecule has 3 N–H and O–H groups in total. The Labute approximate surface area is 119 Å². The third-order valence-corrected chi connectivity index (χ3v) is 3.67. The molecule has 0 aliphatic heterocycles. The summed E-state index contributed by atoms with van der Waals surface area (Å²) in [7, 11) is 1.58. The van der Waals surface area contributed by atoms with Crippen molar-refractivity contribution in [3.8, 4) is 5.75 Å². The maximum Gasteiger partial charge on any atom is 0.225 e. The van der Waals surface area contributed by atoms with E-state index in [1.54, 1.807) is 37.1 Å². The van der Waals surface area contributed by atoms with Crippen molar-refractivity contribution in [2.45, 2.75) is 31.9 Å². The van der Waals surface area contributed by atoms with Crippen LogP contribution in [0.3, 0.4) is 0 Å². The Hall–Kier alpha value is -1.36. The zero-order valence-electron chi connectivity index (χ0n) is 11.9. The minimum atomic E-state index is -0.0198. The van der Waals surface area contributed by atoms with E-state index in [4.69, 9.17) is 10.5 Å². The fourth-order valence-corrected chi connectivity index (χ4v) is 2.34. The number of benzene rings is 1. The molecule has 19 heavy (non-hydrogen) atoms. The molecule has 0 fully saturated rings. The van der Waals surface area contributed by atoms with Crippen LogP contribution in [0.1, 0.15) is 27.2 Å². The molecule has 0 bridgehead atoms. The first-order chi connectivity index (χ1) is 8.81. The Bertz CT molecular complexity index is 442. The lowest BCUT2D eigenvalue weighted by atomic mass is 10.2. The topological polar surface area (TPSA) is 64.3 Å². The van der Waals surface area contributed by atoms with E-state index in [1.165, 1.54) is 0 Å². The van der Waals surface area contributed by atoms with Crippen LogP contribution >= 0.6 is 11.8 Å². The number of carbonyl (C=O) groups excluding carboxylic acids is 1. The molecule has 0 saturated carbocycles. The van der Waals surface area contributed by atoms with Gasteiger partial charge in [-0.25, -0.2) is 0 Å². The van der Waals surface area contributed by atoms with Crippen LogP contribution in [0, 0.1) is 0 Å². The fourth-order valence-electron chi connectivity index (χ4n) is 1.44. The van der Waals surface area contributed by atoms with Gasteiger partial charge in [-0.2, -0.15) is 11.8 Å². The average Bonchev–Trinajstić information content (AvgIpc) is 2.30. The van der Waals surface area contributed by atoms with Crippen LogP contribution in [0.25, 0.3) is 0 Å². The van der Waals surface area contributed by atoms with Gasteiger partial charge in [-0.1, -0.05) is 20.8 Å². The van der Waals surface area contributed by atoms with Gasteiger partial charge in [-0.15, -0.1) is 0 Å². The van der Waals surface area contributed by atoms with Crippen molar-refractivity contribution in [2.24, 2.45) is 0 Å². The monoisotopic (exact) mass is 282 g/mol. The van der Waals surface area contributed by atoms with Crippen LogP contribution in [-0.4, -0.2) is 23.5 Å². The van der Waals surface area contributed by atoms with E-state index in [0.717, 1.165) is 5.75 Å². The first kappa shape index (κ1) is 15.7. The molecule has 0 aliphatic rings. The normalized spacial score (nSPS) is 11.2. The summed E-state index contributed by atoms with van der Waals surface area (Å²) >= 11 is 1.77. The van der Waals surface area contributed by atoms with E-state index >= 15 is 0 Å². The van der Waals surface area contributed by atoms with Gasteiger partial charge in [0, 0.05) is 23.0 Å². The molecule has 4 nitrogen and oxygen atoms in total. The summed E-state index contributed by atoms with van der Waals surface area (Å²) in [5.74, 6) is 1.46. The smallest absolute Gasteiger partial charge is 0.225 e. The lowest BCUT2D eigenvalue weighted by molar-refractivity contribution is -0.115. The van der Waals surface area contributed by atoms with Gasteiger partial charge in [0.1, 0.15) is 5.75 Å². The molecule has 1 amide bonds. The van der Waals surface area contributed by atoms with E-state index in [0.29, 0.717) is 23.5 Å². The maximum absolute atomic E-state index is 11.8. The number of nitrogens with two attached hydrogens (primary N) is 1. The summed E-state index contributed by atoms with van der Waals surface area (Å²) in [6.07, 6.45) is 0.480. The number of methoxy groups -OCH3 is 1. The molecule has 106 valence electrons. The standard InChI is InChI=1S/C14H22N2O2S/c1-14(2,3)19-8-7-13(17)16-12-6-5-10(18-4)9-11(12)15/h5-6,9H,7-8,15H2,1-4H3,(H,16,17). The molecule has 0 aliphatic carbocycles. The third-order valence-electron chi connectivity index (χ3n) is 2.40. The van der Waals surface area contributed by atoms with E-state index in [9.17, 15) is 4.79 Å². The molecule has 1 rings (SSSR count). The molecule has 0 atom stereocenters. The molecule has 0 saturated heterocycles. The second kappa shape index (κ2) is 6.70. The summed E-state index contributed by atoms with van der Waals surface area (Å²) < 4.78 is 5.24. The molecule has 0 spiro atoms. The summed E-state index contributed by atoms with van der Waals surface area (Å²) in [5, 5.41) is 2.81. The highest BCUT2D eigenvalue weighted by atomic mass is 32.2. The van der Waals surface area contributed by atoms with Crippen LogP contribution in [-0.2, 0) is 4.79 Å². The van der Waals surface area contributed by atoms with Gasteiger partial charge in [0.2, 0.25) is 5.91 Å². The van der Waals surface area contributed by atoms with Crippen molar-refractivity contribution in [1.82, 2.24) is 0 Å².